The lowest BCUT2D eigenvalue weighted by Crippen LogP contribution is -2.36. The SMILES string of the molecule is Cn1c(CN2C(=O)CSc3ccc(C(F)(F)F)cc32)nnc1SCC(=O)c1ccc(Cl)cc1. The Kier molecular flexibility index (Phi) is 6.73. The number of ketones is 1. The smallest absolute Gasteiger partial charge is 0.308 e. The normalized spacial score (nSPS) is 13.8. The molecule has 172 valence electrons. The van der Waals surface area contributed by atoms with Crippen LogP contribution in [0, 0.1) is 0 Å². The number of benzene rings is 2. The number of nitrogens with zero attached hydrogens (tertiary/aromatic N) is 4. The van der Waals surface area contributed by atoms with E-state index >= 15 is 0 Å². The summed E-state index contributed by atoms with van der Waals surface area (Å²) in [6, 6.07) is 9.92. The summed E-state index contributed by atoms with van der Waals surface area (Å²) >= 11 is 8.22. The van der Waals surface area contributed by atoms with Gasteiger partial charge in [-0.1, -0.05) is 23.4 Å². The molecule has 0 spiro atoms. The van der Waals surface area contributed by atoms with E-state index in [1.807, 2.05) is 0 Å². The average Bonchev–Trinajstić information content (AvgIpc) is 3.12. The Balaban J connectivity index is 1.51. The number of carbonyl (C=O) groups is 2. The fourth-order valence-corrected chi connectivity index (χ4v) is 5.02. The highest BCUT2D eigenvalue weighted by atomic mass is 35.5. The molecule has 3 aromatic rings. The van der Waals surface area contributed by atoms with Crippen LogP contribution in [0.3, 0.4) is 0 Å². The summed E-state index contributed by atoms with van der Waals surface area (Å²) in [7, 11) is 1.68. The van der Waals surface area contributed by atoms with Crippen molar-refractivity contribution in [3.05, 3.63) is 64.4 Å². The zero-order valence-electron chi connectivity index (χ0n) is 17.1. The zero-order chi connectivity index (χ0) is 23.8. The van der Waals surface area contributed by atoms with E-state index in [4.69, 9.17) is 11.6 Å². The van der Waals surface area contributed by atoms with Crippen LogP contribution in [0.25, 0.3) is 0 Å². The highest BCUT2D eigenvalue weighted by molar-refractivity contribution is 8.00. The summed E-state index contributed by atoms with van der Waals surface area (Å²) in [5, 5.41) is 9.16. The number of carbonyl (C=O) groups excluding carboxylic acids is 2. The quantitative estimate of drug-likeness (QED) is 0.338. The van der Waals surface area contributed by atoms with Crippen molar-refractivity contribution in [3.8, 4) is 0 Å². The van der Waals surface area contributed by atoms with Crippen molar-refractivity contribution in [2.75, 3.05) is 16.4 Å². The molecule has 0 unspecified atom stereocenters. The van der Waals surface area contributed by atoms with E-state index in [9.17, 15) is 22.8 Å². The van der Waals surface area contributed by atoms with Gasteiger partial charge in [0, 0.05) is 22.5 Å². The number of aromatic nitrogens is 3. The van der Waals surface area contributed by atoms with Crippen LogP contribution in [0.4, 0.5) is 18.9 Å². The minimum absolute atomic E-state index is 0.0388. The Labute approximate surface area is 200 Å². The Morgan fingerprint density at radius 2 is 1.91 bits per heavy atom. The topological polar surface area (TPSA) is 68.1 Å². The Morgan fingerprint density at radius 3 is 2.61 bits per heavy atom. The molecule has 4 rings (SSSR count). The third-order valence-electron chi connectivity index (χ3n) is 4.95. The lowest BCUT2D eigenvalue weighted by Gasteiger charge is -2.29. The Bertz CT molecular complexity index is 1220. The van der Waals surface area contributed by atoms with Crippen LogP contribution in [-0.4, -0.2) is 38.0 Å². The molecule has 12 heteroatoms. The summed E-state index contributed by atoms with van der Waals surface area (Å²) in [6.07, 6.45) is -4.52. The molecule has 0 bridgehead atoms. The van der Waals surface area contributed by atoms with Crippen molar-refractivity contribution < 1.29 is 22.8 Å². The summed E-state index contributed by atoms with van der Waals surface area (Å²) in [6.45, 7) is -0.0388. The molecule has 1 aliphatic rings. The molecule has 33 heavy (non-hydrogen) atoms. The number of hydrogen-bond acceptors (Lipinski definition) is 6. The van der Waals surface area contributed by atoms with Gasteiger partial charge in [-0.3, -0.25) is 9.59 Å². The van der Waals surface area contributed by atoms with Gasteiger partial charge >= 0.3 is 6.18 Å². The van der Waals surface area contributed by atoms with Gasteiger partial charge in [-0.25, -0.2) is 0 Å². The van der Waals surface area contributed by atoms with Crippen LogP contribution < -0.4 is 4.90 Å². The lowest BCUT2D eigenvalue weighted by molar-refractivity contribution is -0.137. The maximum Gasteiger partial charge on any atom is 0.416 e. The molecule has 0 radical (unpaired) electrons. The van der Waals surface area contributed by atoms with Crippen molar-refractivity contribution in [3.63, 3.8) is 0 Å². The van der Waals surface area contributed by atoms with Gasteiger partial charge in [-0.2, -0.15) is 13.2 Å². The van der Waals surface area contributed by atoms with E-state index in [1.165, 1.54) is 34.5 Å². The fourth-order valence-electron chi connectivity index (χ4n) is 3.15. The maximum atomic E-state index is 13.2. The summed E-state index contributed by atoms with van der Waals surface area (Å²) in [5.74, 6) is 0.193. The molecule has 0 atom stereocenters. The number of halogens is 4. The van der Waals surface area contributed by atoms with E-state index in [0.717, 1.165) is 12.1 Å². The van der Waals surface area contributed by atoms with Crippen molar-refractivity contribution in [1.29, 1.82) is 0 Å². The summed E-state index contributed by atoms with van der Waals surface area (Å²) in [5.41, 5.74) is -0.111. The molecule has 1 aliphatic heterocycles. The van der Waals surface area contributed by atoms with Crippen LogP contribution in [0.5, 0.6) is 0 Å². The van der Waals surface area contributed by atoms with Crippen molar-refractivity contribution >= 4 is 52.5 Å². The molecule has 0 N–H and O–H groups in total. The van der Waals surface area contributed by atoms with E-state index in [2.05, 4.69) is 10.2 Å². The van der Waals surface area contributed by atoms with Crippen LogP contribution in [0.15, 0.2) is 52.5 Å². The number of hydrogen-bond donors (Lipinski definition) is 0. The third-order valence-corrected chi connectivity index (χ3v) is 7.27. The Morgan fingerprint density at radius 1 is 1.18 bits per heavy atom. The first-order valence-electron chi connectivity index (χ1n) is 9.57. The molecule has 6 nitrogen and oxygen atoms in total. The van der Waals surface area contributed by atoms with Gasteiger partial charge in [0.05, 0.1) is 29.3 Å². The van der Waals surface area contributed by atoms with Crippen LogP contribution in [0.2, 0.25) is 5.02 Å². The van der Waals surface area contributed by atoms with Crippen LogP contribution >= 0.6 is 35.1 Å². The molecule has 0 saturated carbocycles. The van der Waals surface area contributed by atoms with Gasteiger partial charge in [0.25, 0.3) is 0 Å². The second kappa shape index (κ2) is 9.40. The minimum atomic E-state index is -4.52. The molecule has 2 heterocycles. The third kappa shape index (κ3) is 5.20. The highest BCUT2D eigenvalue weighted by Crippen LogP contribution is 2.40. The monoisotopic (exact) mass is 512 g/mol. The van der Waals surface area contributed by atoms with Crippen LogP contribution in [-0.2, 0) is 24.6 Å². The van der Waals surface area contributed by atoms with E-state index in [0.29, 0.717) is 26.5 Å². The minimum Gasteiger partial charge on any atom is -0.308 e. The number of amides is 1. The maximum absolute atomic E-state index is 13.2. The lowest BCUT2D eigenvalue weighted by atomic mass is 10.1. The molecular weight excluding hydrogens is 497 g/mol. The first-order valence-corrected chi connectivity index (χ1v) is 11.9. The standard InChI is InChI=1S/C21H16ClF3N4O2S2/c1-28-18(26-27-20(28)33-10-16(30)12-2-5-14(22)6-3-12)9-29-15-8-13(21(23,24)25)4-7-17(15)32-11-19(29)31/h2-8H,9-11H2,1H3. The molecule has 0 aliphatic carbocycles. The van der Waals surface area contributed by atoms with E-state index in [-0.39, 0.29) is 35.4 Å². The second-order valence-corrected chi connectivity index (χ2v) is 9.52. The van der Waals surface area contributed by atoms with Crippen molar-refractivity contribution in [2.24, 2.45) is 7.05 Å². The molecule has 2 aromatic carbocycles. The van der Waals surface area contributed by atoms with Gasteiger partial charge in [0.1, 0.15) is 0 Å². The van der Waals surface area contributed by atoms with Crippen molar-refractivity contribution in [2.45, 2.75) is 22.8 Å². The number of fused-ring (bicyclic) bond motifs is 1. The second-order valence-electron chi connectivity index (χ2n) is 7.13. The summed E-state index contributed by atoms with van der Waals surface area (Å²) < 4.78 is 41.2. The summed E-state index contributed by atoms with van der Waals surface area (Å²) in [4.78, 5) is 26.8. The fraction of sp³-hybridized carbons (Fsp3) is 0.238. The number of anilines is 1. The zero-order valence-corrected chi connectivity index (χ0v) is 19.5. The van der Waals surface area contributed by atoms with Crippen molar-refractivity contribution in [1.82, 2.24) is 14.8 Å². The highest BCUT2D eigenvalue weighted by Gasteiger charge is 2.34. The number of Topliss-reactive ketones (excluding diaryl/α,β-unsaturated/α-hetero) is 1. The number of alkyl halides is 3. The largest absolute Gasteiger partial charge is 0.416 e. The van der Waals surface area contributed by atoms with E-state index in [1.54, 1.807) is 35.9 Å². The first kappa shape index (κ1) is 23.7. The number of rotatable bonds is 6. The number of thioether (sulfide) groups is 2. The predicted octanol–water partition coefficient (Wildman–Crippen LogP) is 5.10. The average molecular weight is 513 g/mol. The van der Waals surface area contributed by atoms with Gasteiger partial charge in [0.2, 0.25) is 5.91 Å². The Hall–Kier alpha value is -2.50. The van der Waals surface area contributed by atoms with Gasteiger partial charge < -0.3 is 9.47 Å². The molecule has 1 aromatic heterocycles. The molecular formula is C21H16ClF3N4O2S2. The predicted molar refractivity (Wildman–Crippen MR) is 121 cm³/mol. The molecule has 0 saturated heterocycles. The van der Waals surface area contributed by atoms with Gasteiger partial charge in [-0.15, -0.1) is 22.0 Å². The van der Waals surface area contributed by atoms with Gasteiger partial charge in [-0.05, 0) is 42.5 Å². The molecule has 1 amide bonds. The van der Waals surface area contributed by atoms with E-state index < -0.39 is 11.7 Å². The van der Waals surface area contributed by atoms with Gasteiger partial charge in [0.15, 0.2) is 16.8 Å². The first-order chi connectivity index (χ1) is 15.6. The molecule has 0 fully saturated rings. The van der Waals surface area contributed by atoms with Crippen LogP contribution in [0.1, 0.15) is 21.7 Å².